The Bertz CT molecular complexity index is 998. The van der Waals surface area contributed by atoms with Crippen LogP contribution in [0.2, 0.25) is 0 Å². The van der Waals surface area contributed by atoms with Gasteiger partial charge in [-0.25, -0.2) is 0 Å². The number of imide groups is 1. The minimum Gasteiger partial charge on any atom is -0.493 e. The maximum atomic E-state index is 12.8. The van der Waals surface area contributed by atoms with Gasteiger partial charge in [0.15, 0.2) is 0 Å². The fraction of sp³-hybridized carbons (Fsp3) is 0.348. The Morgan fingerprint density at radius 2 is 1.93 bits per heavy atom. The summed E-state index contributed by atoms with van der Waals surface area (Å²) in [6.45, 7) is 6.26. The van der Waals surface area contributed by atoms with E-state index in [9.17, 15) is 14.4 Å². The molecule has 3 rings (SSSR count). The van der Waals surface area contributed by atoms with E-state index in [1.807, 2.05) is 57.2 Å². The molecular formula is C23H25NO5S. The second-order valence-electron chi connectivity index (χ2n) is 7.39. The fourth-order valence-electron chi connectivity index (χ4n) is 2.96. The first kappa shape index (κ1) is 21.9. The molecule has 2 amide bonds. The van der Waals surface area contributed by atoms with Gasteiger partial charge in [-0.15, -0.1) is 0 Å². The van der Waals surface area contributed by atoms with Gasteiger partial charge in [-0.2, -0.15) is 0 Å². The first-order valence-electron chi connectivity index (χ1n) is 9.96. The quantitative estimate of drug-likeness (QED) is 0.442. The van der Waals surface area contributed by atoms with Crippen molar-refractivity contribution in [1.82, 2.24) is 4.90 Å². The fourth-order valence-corrected chi connectivity index (χ4v) is 3.78. The second kappa shape index (κ2) is 9.80. The van der Waals surface area contributed by atoms with Crippen LogP contribution in [0, 0.1) is 5.92 Å². The minimum atomic E-state index is -0.593. The Balaban J connectivity index is 1.89. The summed E-state index contributed by atoms with van der Waals surface area (Å²) in [5.41, 5.74) is 0.745. The van der Waals surface area contributed by atoms with Gasteiger partial charge in [-0.05, 0) is 47.0 Å². The number of carbonyl (C=O) groups excluding carboxylic acids is 3. The van der Waals surface area contributed by atoms with Crippen molar-refractivity contribution in [2.75, 3.05) is 19.8 Å². The zero-order valence-corrected chi connectivity index (χ0v) is 18.2. The monoisotopic (exact) mass is 427 g/mol. The number of hydrogen-bond acceptors (Lipinski definition) is 6. The standard InChI is InChI=1S/C23H25NO5S/c1-4-11-28-19-10-9-16-7-5-6-8-17(16)18(19)12-20-22(26)24(23(27)30-20)13-21(25)29-14-15(2)3/h5-10,12,15H,4,11,13-14H2,1-3H3/b20-12-. The van der Waals surface area contributed by atoms with E-state index in [0.717, 1.165) is 39.4 Å². The van der Waals surface area contributed by atoms with Crippen LogP contribution in [-0.4, -0.2) is 41.8 Å². The third-order valence-corrected chi connectivity index (χ3v) is 5.31. The first-order chi connectivity index (χ1) is 14.4. The number of hydrogen-bond donors (Lipinski definition) is 0. The van der Waals surface area contributed by atoms with Crippen LogP contribution in [-0.2, 0) is 14.3 Å². The van der Waals surface area contributed by atoms with Gasteiger partial charge in [0.05, 0.1) is 18.1 Å². The number of benzene rings is 2. The normalized spacial score (nSPS) is 15.5. The van der Waals surface area contributed by atoms with Crippen molar-refractivity contribution in [2.24, 2.45) is 5.92 Å². The molecule has 7 heteroatoms. The van der Waals surface area contributed by atoms with Gasteiger partial charge in [-0.1, -0.05) is 51.1 Å². The Hall–Kier alpha value is -2.80. The lowest BCUT2D eigenvalue weighted by molar-refractivity contribution is -0.147. The Morgan fingerprint density at radius 3 is 2.67 bits per heavy atom. The highest BCUT2D eigenvalue weighted by Crippen LogP contribution is 2.36. The molecule has 0 saturated carbocycles. The molecule has 2 aromatic carbocycles. The predicted molar refractivity (Wildman–Crippen MR) is 118 cm³/mol. The number of ether oxygens (including phenoxy) is 2. The topological polar surface area (TPSA) is 72.9 Å². The zero-order chi connectivity index (χ0) is 21.7. The van der Waals surface area contributed by atoms with Gasteiger partial charge in [0, 0.05) is 5.56 Å². The van der Waals surface area contributed by atoms with E-state index in [0.29, 0.717) is 12.4 Å². The molecule has 2 aromatic rings. The summed E-state index contributed by atoms with van der Waals surface area (Å²) in [4.78, 5) is 38.4. The van der Waals surface area contributed by atoms with Crippen molar-refractivity contribution < 1.29 is 23.9 Å². The smallest absolute Gasteiger partial charge is 0.326 e. The van der Waals surface area contributed by atoms with Crippen molar-refractivity contribution in [1.29, 1.82) is 0 Å². The van der Waals surface area contributed by atoms with Crippen LogP contribution in [0.4, 0.5) is 4.79 Å². The molecule has 0 aliphatic carbocycles. The van der Waals surface area contributed by atoms with Crippen molar-refractivity contribution >= 4 is 45.7 Å². The summed E-state index contributed by atoms with van der Waals surface area (Å²) in [6, 6.07) is 11.6. The second-order valence-corrected chi connectivity index (χ2v) is 8.38. The Labute approximate surface area is 180 Å². The summed E-state index contributed by atoms with van der Waals surface area (Å²) in [5.74, 6) is -0.263. The third-order valence-electron chi connectivity index (χ3n) is 4.41. The zero-order valence-electron chi connectivity index (χ0n) is 17.3. The lowest BCUT2D eigenvalue weighted by Crippen LogP contribution is -2.34. The summed E-state index contributed by atoms with van der Waals surface area (Å²) >= 11 is 0.819. The van der Waals surface area contributed by atoms with Gasteiger partial charge >= 0.3 is 5.97 Å². The van der Waals surface area contributed by atoms with Crippen LogP contribution in [0.5, 0.6) is 5.75 Å². The molecule has 1 aliphatic rings. The van der Waals surface area contributed by atoms with Crippen LogP contribution in [0.25, 0.3) is 16.8 Å². The minimum absolute atomic E-state index is 0.177. The van der Waals surface area contributed by atoms with E-state index in [4.69, 9.17) is 9.47 Å². The summed E-state index contributed by atoms with van der Waals surface area (Å²) in [6.07, 6.45) is 2.53. The maximum Gasteiger partial charge on any atom is 0.326 e. The van der Waals surface area contributed by atoms with Crippen LogP contribution in [0.15, 0.2) is 41.3 Å². The number of fused-ring (bicyclic) bond motifs is 1. The van der Waals surface area contributed by atoms with Gasteiger partial charge in [-0.3, -0.25) is 19.3 Å². The molecule has 0 spiro atoms. The predicted octanol–water partition coefficient (Wildman–Crippen LogP) is 4.86. The molecular weight excluding hydrogens is 402 g/mol. The highest BCUT2D eigenvalue weighted by molar-refractivity contribution is 8.18. The number of nitrogens with zero attached hydrogens (tertiary/aromatic N) is 1. The van der Waals surface area contributed by atoms with E-state index >= 15 is 0 Å². The van der Waals surface area contributed by atoms with Crippen LogP contribution < -0.4 is 4.74 Å². The average Bonchev–Trinajstić information content (AvgIpc) is 2.99. The molecule has 0 aromatic heterocycles. The molecule has 158 valence electrons. The SMILES string of the molecule is CCCOc1ccc2ccccc2c1/C=C1\SC(=O)N(CC(=O)OCC(C)C)C1=O. The highest BCUT2D eigenvalue weighted by atomic mass is 32.2. The number of rotatable bonds is 8. The Morgan fingerprint density at radius 1 is 1.17 bits per heavy atom. The van der Waals surface area contributed by atoms with E-state index in [1.165, 1.54) is 0 Å². The molecule has 0 unspecified atom stereocenters. The van der Waals surface area contributed by atoms with Crippen LogP contribution in [0.1, 0.15) is 32.8 Å². The molecule has 1 heterocycles. The lowest BCUT2D eigenvalue weighted by atomic mass is 10.0. The van der Waals surface area contributed by atoms with E-state index < -0.39 is 17.1 Å². The van der Waals surface area contributed by atoms with Crippen molar-refractivity contribution in [2.45, 2.75) is 27.2 Å². The number of thioether (sulfide) groups is 1. The average molecular weight is 428 g/mol. The molecule has 30 heavy (non-hydrogen) atoms. The number of esters is 1. The summed E-state index contributed by atoms with van der Waals surface area (Å²) in [5, 5.41) is 1.45. The van der Waals surface area contributed by atoms with Crippen molar-refractivity contribution in [3.05, 3.63) is 46.9 Å². The molecule has 1 saturated heterocycles. The first-order valence-corrected chi connectivity index (χ1v) is 10.8. The molecule has 6 nitrogen and oxygen atoms in total. The number of amides is 2. The van der Waals surface area contributed by atoms with Gasteiger partial charge < -0.3 is 9.47 Å². The highest BCUT2D eigenvalue weighted by Gasteiger charge is 2.37. The van der Waals surface area contributed by atoms with Crippen LogP contribution >= 0.6 is 11.8 Å². The molecule has 1 aliphatic heterocycles. The van der Waals surface area contributed by atoms with Gasteiger partial charge in [0.2, 0.25) is 0 Å². The van der Waals surface area contributed by atoms with E-state index in [-0.39, 0.29) is 24.0 Å². The van der Waals surface area contributed by atoms with E-state index in [1.54, 1.807) is 6.08 Å². The maximum absolute atomic E-state index is 12.8. The summed E-state index contributed by atoms with van der Waals surface area (Å²) < 4.78 is 11.0. The van der Waals surface area contributed by atoms with E-state index in [2.05, 4.69) is 0 Å². The summed E-state index contributed by atoms with van der Waals surface area (Å²) in [7, 11) is 0. The molecule has 0 N–H and O–H groups in total. The molecule has 0 radical (unpaired) electrons. The lowest BCUT2D eigenvalue weighted by Gasteiger charge is -2.13. The van der Waals surface area contributed by atoms with Crippen LogP contribution in [0.3, 0.4) is 0 Å². The molecule has 0 atom stereocenters. The van der Waals surface area contributed by atoms with Gasteiger partial charge in [0.25, 0.3) is 11.1 Å². The largest absolute Gasteiger partial charge is 0.493 e. The molecule has 0 bridgehead atoms. The molecule has 1 fully saturated rings. The Kier molecular flexibility index (Phi) is 7.15. The van der Waals surface area contributed by atoms with Crippen molar-refractivity contribution in [3.8, 4) is 5.75 Å². The van der Waals surface area contributed by atoms with Gasteiger partial charge in [0.1, 0.15) is 12.3 Å². The number of carbonyl (C=O) groups is 3. The van der Waals surface area contributed by atoms with Crippen molar-refractivity contribution in [3.63, 3.8) is 0 Å². The third kappa shape index (κ3) is 5.02.